The monoisotopic (exact) mass is 234 g/mol. The van der Waals surface area contributed by atoms with Crippen LogP contribution in [0.25, 0.3) is 6.08 Å². The first-order valence-electron chi connectivity index (χ1n) is 4.22. The Hall–Kier alpha value is -1.34. The standard InChI is InChI=1S/C9H7BF4O2/c11-8-2-1-6(3-4-10(15)16)5-7(8)9(12,13)14/h1-5,15-16H/b4-3+. The van der Waals surface area contributed by atoms with Gasteiger partial charge in [0.1, 0.15) is 5.82 Å². The first-order valence-corrected chi connectivity index (χ1v) is 4.22. The van der Waals surface area contributed by atoms with Crippen molar-refractivity contribution in [2.75, 3.05) is 0 Å². The summed E-state index contributed by atoms with van der Waals surface area (Å²) in [5.74, 6) is -0.498. The molecule has 1 aromatic carbocycles. The summed E-state index contributed by atoms with van der Waals surface area (Å²) in [6, 6.07) is 2.36. The van der Waals surface area contributed by atoms with Crippen molar-refractivity contribution in [1.82, 2.24) is 0 Å². The third-order valence-corrected chi connectivity index (χ3v) is 1.76. The van der Waals surface area contributed by atoms with Crippen LogP contribution in [0.4, 0.5) is 17.6 Å². The SMILES string of the molecule is OB(O)/C=C/c1ccc(F)c(C(F)(F)F)c1. The second-order valence-electron chi connectivity index (χ2n) is 3.01. The van der Waals surface area contributed by atoms with E-state index in [1.54, 1.807) is 0 Å². The highest BCUT2D eigenvalue weighted by Gasteiger charge is 2.33. The van der Waals surface area contributed by atoms with E-state index in [2.05, 4.69) is 0 Å². The molecule has 0 heterocycles. The van der Waals surface area contributed by atoms with Crippen LogP contribution in [0, 0.1) is 5.82 Å². The van der Waals surface area contributed by atoms with E-state index in [1.165, 1.54) is 0 Å². The Kier molecular flexibility index (Phi) is 3.72. The van der Waals surface area contributed by atoms with Crippen molar-refractivity contribution in [2.24, 2.45) is 0 Å². The molecule has 0 aromatic heterocycles. The van der Waals surface area contributed by atoms with Crippen LogP contribution in [0.15, 0.2) is 24.2 Å². The first kappa shape index (κ1) is 12.7. The number of alkyl halides is 3. The zero-order valence-electron chi connectivity index (χ0n) is 7.87. The molecule has 0 unspecified atom stereocenters. The van der Waals surface area contributed by atoms with Gasteiger partial charge in [0, 0.05) is 0 Å². The van der Waals surface area contributed by atoms with Crippen molar-refractivity contribution in [3.63, 3.8) is 0 Å². The molecule has 0 saturated carbocycles. The lowest BCUT2D eigenvalue weighted by atomic mass is 9.90. The molecular weight excluding hydrogens is 227 g/mol. The van der Waals surface area contributed by atoms with E-state index in [0.717, 1.165) is 18.1 Å². The van der Waals surface area contributed by atoms with Gasteiger partial charge in [-0.05, 0) is 17.7 Å². The molecule has 2 nitrogen and oxygen atoms in total. The van der Waals surface area contributed by atoms with E-state index in [4.69, 9.17) is 10.0 Å². The van der Waals surface area contributed by atoms with E-state index in [1.807, 2.05) is 0 Å². The third-order valence-electron chi connectivity index (χ3n) is 1.76. The Morgan fingerprint density at radius 1 is 1.19 bits per heavy atom. The van der Waals surface area contributed by atoms with E-state index in [9.17, 15) is 17.6 Å². The summed E-state index contributed by atoms with van der Waals surface area (Å²) >= 11 is 0. The maximum absolute atomic E-state index is 12.8. The molecule has 1 rings (SSSR count). The fourth-order valence-corrected chi connectivity index (χ4v) is 1.06. The molecule has 0 spiro atoms. The molecule has 0 aliphatic heterocycles. The lowest BCUT2D eigenvalue weighted by Gasteiger charge is -2.08. The van der Waals surface area contributed by atoms with Gasteiger partial charge in [-0.3, -0.25) is 0 Å². The van der Waals surface area contributed by atoms with Gasteiger partial charge in [-0.2, -0.15) is 13.2 Å². The highest BCUT2D eigenvalue weighted by Crippen LogP contribution is 2.32. The van der Waals surface area contributed by atoms with Crippen molar-refractivity contribution in [3.8, 4) is 0 Å². The Bertz CT molecular complexity index is 401. The molecule has 0 radical (unpaired) electrons. The summed E-state index contributed by atoms with van der Waals surface area (Å²) in [6.45, 7) is 0. The van der Waals surface area contributed by atoms with Gasteiger partial charge in [0.2, 0.25) is 0 Å². The van der Waals surface area contributed by atoms with E-state index in [0.29, 0.717) is 12.1 Å². The molecule has 7 heteroatoms. The maximum atomic E-state index is 12.8. The van der Waals surface area contributed by atoms with E-state index < -0.39 is 24.7 Å². The van der Waals surface area contributed by atoms with Crippen LogP contribution < -0.4 is 0 Å². The van der Waals surface area contributed by atoms with Crippen molar-refractivity contribution >= 4 is 13.2 Å². The van der Waals surface area contributed by atoms with Crippen molar-refractivity contribution in [1.29, 1.82) is 0 Å². The van der Waals surface area contributed by atoms with Crippen molar-refractivity contribution in [3.05, 3.63) is 41.1 Å². The largest absolute Gasteiger partial charge is 0.480 e. The summed E-state index contributed by atoms with van der Waals surface area (Å²) in [7, 11) is -1.76. The summed E-state index contributed by atoms with van der Waals surface area (Å²) < 4.78 is 49.6. The maximum Gasteiger partial charge on any atom is 0.480 e. The summed E-state index contributed by atoms with van der Waals surface area (Å²) in [5, 5.41) is 16.9. The number of hydrogen-bond donors (Lipinski definition) is 2. The fraction of sp³-hybridized carbons (Fsp3) is 0.111. The molecule has 86 valence electrons. The van der Waals surface area contributed by atoms with Crippen LogP contribution in [0.3, 0.4) is 0 Å². The topological polar surface area (TPSA) is 40.5 Å². The number of halogens is 4. The zero-order valence-corrected chi connectivity index (χ0v) is 7.87. The Morgan fingerprint density at radius 3 is 2.31 bits per heavy atom. The fourth-order valence-electron chi connectivity index (χ4n) is 1.06. The van der Waals surface area contributed by atoms with Crippen molar-refractivity contribution in [2.45, 2.75) is 6.18 Å². The molecule has 0 bridgehead atoms. The lowest BCUT2D eigenvalue weighted by molar-refractivity contribution is -0.140. The summed E-state index contributed by atoms with van der Waals surface area (Å²) in [6.07, 6.45) is -3.72. The van der Waals surface area contributed by atoms with Crippen LogP contribution in [0.2, 0.25) is 0 Å². The highest BCUT2D eigenvalue weighted by atomic mass is 19.4. The van der Waals surface area contributed by atoms with Gasteiger partial charge < -0.3 is 10.0 Å². The van der Waals surface area contributed by atoms with Gasteiger partial charge in [0.25, 0.3) is 0 Å². The predicted molar refractivity (Wildman–Crippen MR) is 50.6 cm³/mol. The average Bonchev–Trinajstić information content (AvgIpc) is 2.14. The minimum absolute atomic E-state index is 0.0295. The quantitative estimate of drug-likeness (QED) is 0.605. The van der Waals surface area contributed by atoms with Gasteiger partial charge in [-0.25, -0.2) is 4.39 Å². The molecule has 16 heavy (non-hydrogen) atoms. The number of benzene rings is 1. The summed E-state index contributed by atoms with van der Waals surface area (Å²) in [5.41, 5.74) is -1.36. The second-order valence-corrected chi connectivity index (χ2v) is 3.01. The van der Waals surface area contributed by atoms with Gasteiger partial charge >= 0.3 is 13.3 Å². The third kappa shape index (κ3) is 3.35. The van der Waals surface area contributed by atoms with Crippen LogP contribution in [-0.4, -0.2) is 17.2 Å². The molecule has 0 fully saturated rings. The first-order chi connectivity index (χ1) is 7.30. The number of hydrogen-bond acceptors (Lipinski definition) is 2. The van der Waals surface area contributed by atoms with Gasteiger partial charge in [0.05, 0.1) is 5.56 Å². The van der Waals surface area contributed by atoms with Crippen LogP contribution >= 0.6 is 0 Å². The molecule has 2 N–H and O–H groups in total. The predicted octanol–water partition coefficient (Wildman–Crippen LogP) is 1.87. The van der Waals surface area contributed by atoms with Gasteiger partial charge in [-0.15, -0.1) is 0 Å². The van der Waals surface area contributed by atoms with Gasteiger partial charge in [0.15, 0.2) is 0 Å². The van der Waals surface area contributed by atoms with Crippen LogP contribution in [0.1, 0.15) is 11.1 Å². The number of rotatable bonds is 2. The Labute approximate surface area is 89.0 Å². The van der Waals surface area contributed by atoms with E-state index >= 15 is 0 Å². The molecule has 0 amide bonds. The normalized spacial score (nSPS) is 12.1. The van der Waals surface area contributed by atoms with Gasteiger partial charge in [-0.1, -0.05) is 18.1 Å². The zero-order chi connectivity index (χ0) is 12.3. The average molecular weight is 234 g/mol. The van der Waals surface area contributed by atoms with Crippen LogP contribution in [0.5, 0.6) is 0 Å². The Morgan fingerprint density at radius 2 is 1.81 bits per heavy atom. The molecule has 0 aliphatic carbocycles. The smallest absolute Gasteiger partial charge is 0.424 e. The minimum atomic E-state index is -4.77. The lowest BCUT2D eigenvalue weighted by Crippen LogP contribution is -2.08. The molecule has 1 aromatic rings. The van der Waals surface area contributed by atoms with E-state index in [-0.39, 0.29) is 5.56 Å². The van der Waals surface area contributed by atoms with Crippen LogP contribution in [-0.2, 0) is 6.18 Å². The van der Waals surface area contributed by atoms with Crippen molar-refractivity contribution < 1.29 is 27.6 Å². The highest BCUT2D eigenvalue weighted by molar-refractivity contribution is 6.48. The second kappa shape index (κ2) is 4.67. The molecule has 0 atom stereocenters. The molecular formula is C9H7BF4O2. The molecule has 0 saturated heterocycles. The summed E-state index contributed by atoms with van der Waals surface area (Å²) in [4.78, 5) is 0. The Balaban J connectivity index is 3.08. The minimum Gasteiger partial charge on any atom is -0.424 e. The molecule has 0 aliphatic rings.